The summed E-state index contributed by atoms with van der Waals surface area (Å²) in [5, 5.41) is 1.00. The van der Waals surface area contributed by atoms with Crippen molar-refractivity contribution in [1.29, 1.82) is 0 Å². The fraction of sp³-hybridized carbons (Fsp3) is 0.421. The summed E-state index contributed by atoms with van der Waals surface area (Å²) in [6.07, 6.45) is 2.20. The molecule has 1 aromatic carbocycles. The Morgan fingerprint density at radius 1 is 1.24 bits per heavy atom. The van der Waals surface area contributed by atoms with E-state index in [1.54, 1.807) is 6.07 Å². The Hall–Kier alpha value is -1.49. The van der Waals surface area contributed by atoms with Crippen molar-refractivity contribution in [3.05, 3.63) is 46.1 Å². The van der Waals surface area contributed by atoms with Gasteiger partial charge in [0.25, 0.3) is 0 Å². The maximum atomic E-state index is 12.5. The van der Waals surface area contributed by atoms with Gasteiger partial charge in [-0.15, -0.1) is 0 Å². The summed E-state index contributed by atoms with van der Waals surface area (Å²) < 4.78 is 5.99. The molecule has 1 aromatic heterocycles. The average molecular weight is 379 g/mol. The molecule has 0 aliphatic carbocycles. The zero-order valence-electron chi connectivity index (χ0n) is 14.0. The third-order valence-electron chi connectivity index (χ3n) is 5.25. The fourth-order valence-electron chi connectivity index (χ4n) is 3.84. The Balaban J connectivity index is 1.53. The molecule has 3 heterocycles. The van der Waals surface area contributed by atoms with Gasteiger partial charge in [0.1, 0.15) is 11.5 Å². The van der Waals surface area contributed by atoms with Gasteiger partial charge in [-0.25, -0.2) is 0 Å². The van der Waals surface area contributed by atoms with Crippen LogP contribution in [0, 0.1) is 0 Å². The first-order chi connectivity index (χ1) is 12.0. The number of hydrogen-bond acceptors (Lipinski definition) is 3. The molecule has 0 unspecified atom stereocenters. The summed E-state index contributed by atoms with van der Waals surface area (Å²) in [7, 11) is 0. The van der Waals surface area contributed by atoms with Crippen LogP contribution < -0.4 is 0 Å². The largest absolute Gasteiger partial charge is 0.460 e. The number of piperazine rings is 1. The molecule has 2 aliphatic heterocycles. The van der Waals surface area contributed by atoms with Gasteiger partial charge in [0, 0.05) is 24.7 Å². The number of halogens is 2. The van der Waals surface area contributed by atoms with Crippen molar-refractivity contribution in [3.8, 4) is 11.3 Å². The van der Waals surface area contributed by atoms with Crippen molar-refractivity contribution in [2.75, 3.05) is 13.1 Å². The number of carbonyl (C=O) groups excluding carboxylic acids is 1. The predicted molar refractivity (Wildman–Crippen MR) is 98.8 cm³/mol. The van der Waals surface area contributed by atoms with Crippen LogP contribution in [-0.4, -0.2) is 40.9 Å². The van der Waals surface area contributed by atoms with Crippen molar-refractivity contribution >= 4 is 29.1 Å². The lowest BCUT2D eigenvalue weighted by atomic mass is 10.1. The van der Waals surface area contributed by atoms with E-state index in [1.165, 1.54) is 0 Å². The topological polar surface area (TPSA) is 36.7 Å². The minimum atomic E-state index is -0.113. The van der Waals surface area contributed by atoms with Crippen LogP contribution >= 0.6 is 23.2 Å². The molecule has 2 fully saturated rings. The zero-order valence-corrected chi connectivity index (χ0v) is 15.6. The number of fused-ring (bicyclic) bond motifs is 1. The van der Waals surface area contributed by atoms with Crippen molar-refractivity contribution in [2.45, 2.75) is 38.4 Å². The van der Waals surface area contributed by atoms with E-state index < -0.39 is 0 Å². The third kappa shape index (κ3) is 3.07. The highest BCUT2D eigenvalue weighted by atomic mass is 35.5. The van der Waals surface area contributed by atoms with Crippen LogP contribution in [0.5, 0.6) is 0 Å². The van der Waals surface area contributed by atoms with Gasteiger partial charge in [-0.05, 0) is 44.0 Å². The Morgan fingerprint density at radius 2 is 2.08 bits per heavy atom. The number of furan rings is 1. The van der Waals surface area contributed by atoms with E-state index >= 15 is 0 Å². The van der Waals surface area contributed by atoms with Gasteiger partial charge in [0.15, 0.2) is 0 Å². The number of carbonyl (C=O) groups is 1. The second-order valence-electron chi connectivity index (χ2n) is 6.80. The van der Waals surface area contributed by atoms with Crippen LogP contribution in [0.1, 0.15) is 25.5 Å². The molecular formula is C19H20Cl2N2O2. The molecule has 0 bridgehead atoms. The van der Waals surface area contributed by atoms with Crippen molar-refractivity contribution in [2.24, 2.45) is 0 Å². The Labute approximate surface area is 157 Å². The lowest BCUT2D eigenvalue weighted by Crippen LogP contribution is -2.58. The second-order valence-corrected chi connectivity index (χ2v) is 7.59. The van der Waals surface area contributed by atoms with Gasteiger partial charge >= 0.3 is 0 Å². The fourth-order valence-corrected chi connectivity index (χ4v) is 4.24. The first kappa shape index (κ1) is 17.0. The normalized spacial score (nSPS) is 24.0. The molecule has 4 rings (SSSR count). The first-order valence-electron chi connectivity index (χ1n) is 8.62. The van der Waals surface area contributed by atoms with E-state index in [9.17, 15) is 4.79 Å². The molecule has 0 radical (unpaired) electrons. The Bertz CT molecular complexity index is 804. The molecule has 0 N–H and O–H groups in total. The van der Waals surface area contributed by atoms with E-state index in [2.05, 4.69) is 4.90 Å². The number of nitrogens with zero attached hydrogens (tertiary/aromatic N) is 2. The lowest BCUT2D eigenvalue weighted by Gasteiger charge is -2.41. The van der Waals surface area contributed by atoms with Gasteiger partial charge in [-0.3, -0.25) is 9.69 Å². The molecule has 132 valence electrons. The smallest absolute Gasteiger partial charge is 0.239 e. The maximum Gasteiger partial charge on any atom is 0.239 e. The molecule has 2 atom stereocenters. The van der Waals surface area contributed by atoms with Crippen molar-refractivity contribution in [1.82, 2.24) is 9.80 Å². The Morgan fingerprint density at radius 3 is 2.92 bits per heavy atom. The summed E-state index contributed by atoms with van der Waals surface area (Å²) in [4.78, 5) is 16.8. The van der Waals surface area contributed by atoms with Crippen LogP contribution in [0.4, 0.5) is 0 Å². The van der Waals surface area contributed by atoms with E-state index in [-0.39, 0.29) is 11.9 Å². The van der Waals surface area contributed by atoms with Crippen LogP contribution in [0.3, 0.4) is 0 Å². The number of hydrogen-bond donors (Lipinski definition) is 0. The van der Waals surface area contributed by atoms with Gasteiger partial charge < -0.3 is 9.32 Å². The van der Waals surface area contributed by atoms with Crippen LogP contribution in [-0.2, 0) is 11.3 Å². The Kier molecular flexibility index (Phi) is 4.52. The molecule has 25 heavy (non-hydrogen) atoms. The maximum absolute atomic E-state index is 12.5. The van der Waals surface area contributed by atoms with Crippen LogP contribution in [0.15, 0.2) is 34.7 Å². The van der Waals surface area contributed by atoms with E-state index in [1.807, 2.05) is 36.1 Å². The minimum Gasteiger partial charge on any atom is -0.460 e. The van der Waals surface area contributed by atoms with Crippen molar-refractivity contribution < 1.29 is 9.21 Å². The molecule has 0 saturated carbocycles. The van der Waals surface area contributed by atoms with Crippen LogP contribution in [0.25, 0.3) is 11.3 Å². The van der Waals surface area contributed by atoms with E-state index in [4.69, 9.17) is 27.6 Å². The average Bonchev–Trinajstić information content (AvgIpc) is 3.24. The van der Waals surface area contributed by atoms with Crippen LogP contribution in [0.2, 0.25) is 10.0 Å². The number of benzene rings is 1. The number of amides is 1. The molecule has 0 spiro atoms. The van der Waals surface area contributed by atoms with Gasteiger partial charge in [-0.1, -0.05) is 29.3 Å². The quantitative estimate of drug-likeness (QED) is 0.791. The summed E-state index contributed by atoms with van der Waals surface area (Å²) in [6, 6.07) is 9.59. The van der Waals surface area contributed by atoms with Gasteiger partial charge in [0.05, 0.1) is 22.6 Å². The highest BCUT2D eigenvalue weighted by Crippen LogP contribution is 2.35. The van der Waals surface area contributed by atoms with E-state index in [0.29, 0.717) is 28.4 Å². The van der Waals surface area contributed by atoms with Gasteiger partial charge in [-0.2, -0.15) is 0 Å². The summed E-state index contributed by atoms with van der Waals surface area (Å²) >= 11 is 12.4. The summed E-state index contributed by atoms with van der Waals surface area (Å²) in [5.74, 6) is 1.76. The highest BCUT2D eigenvalue weighted by Gasteiger charge is 2.40. The third-order valence-corrected chi connectivity index (χ3v) is 6.07. The highest BCUT2D eigenvalue weighted by molar-refractivity contribution is 6.43. The molecule has 2 saturated heterocycles. The lowest BCUT2D eigenvalue weighted by molar-refractivity contribution is -0.143. The molecule has 6 heteroatoms. The van der Waals surface area contributed by atoms with Gasteiger partial charge in [0.2, 0.25) is 5.91 Å². The molecule has 4 nitrogen and oxygen atoms in total. The number of rotatable bonds is 3. The minimum absolute atomic E-state index is 0.113. The standard InChI is InChI=1S/C19H20Cl2N2O2/c1-12-19(24)23-9-3-4-13(23)10-22(12)11-14-7-8-17(25-14)15-5-2-6-16(20)18(15)21/h2,5-8,12-13H,3-4,9-11H2,1H3/t12-,13+/m0/s1. The first-order valence-corrected chi connectivity index (χ1v) is 9.38. The predicted octanol–water partition coefficient (Wildman–Crippen LogP) is 4.45. The SMILES string of the molecule is C[C@H]1C(=O)N2CCC[C@@H]2CN1Cc1ccc(-c2cccc(Cl)c2Cl)o1. The van der Waals surface area contributed by atoms with E-state index in [0.717, 1.165) is 37.3 Å². The molecule has 2 aromatic rings. The second kappa shape index (κ2) is 6.67. The molecule has 1 amide bonds. The monoisotopic (exact) mass is 378 g/mol. The van der Waals surface area contributed by atoms with Crippen molar-refractivity contribution in [3.63, 3.8) is 0 Å². The summed E-state index contributed by atoms with van der Waals surface area (Å²) in [5.41, 5.74) is 0.783. The summed E-state index contributed by atoms with van der Waals surface area (Å²) in [6.45, 7) is 4.41. The molecule has 2 aliphatic rings. The molecular weight excluding hydrogens is 359 g/mol. The zero-order chi connectivity index (χ0) is 17.6.